The van der Waals surface area contributed by atoms with Crippen LogP contribution in [0.1, 0.15) is 31.1 Å². The maximum absolute atomic E-state index is 12.5. The smallest absolute Gasteiger partial charge is 0.260 e. The van der Waals surface area contributed by atoms with E-state index < -0.39 is 0 Å². The molecule has 19 heavy (non-hydrogen) atoms. The molecule has 1 aromatic rings. The number of benzene rings is 1. The fourth-order valence-electron chi connectivity index (χ4n) is 2.29. The number of para-hydroxylation sites is 1. The topological polar surface area (TPSA) is 47.8 Å². The van der Waals surface area contributed by atoms with Crippen molar-refractivity contribution in [3.05, 3.63) is 35.0 Å². The highest BCUT2D eigenvalue weighted by Gasteiger charge is 2.27. The fraction of sp³-hybridized carbons (Fsp3) is 0.533. The van der Waals surface area contributed by atoms with E-state index in [-0.39, 0.29) is 11.0 Å². The van der Waals surface area contributed by atoms with Gasteiger partial charge in [-0.3, -0.25) is 4.79 Å². The second-order valence-corrected chi connectivity index (χ2v) is 5.69. The van der Waals surface area contributed by atoms with Crippen LogP contribution in [-0.2, 0) is 0 Å². The molecule has 1 amide bonds. The van der Waals surface area contributed by atoms with Crippen molar-refractivity contribution in [2.24, 2.45) is 11.8 Å². The molecule has 2 rings (SSSR count). The van der Waals surface area contributed by atoms with Crippen molar-refractivity contribution in [3.63, 3.8) is 0 Å². The molecule has 1 unspecified atom stereocenters. The lowest BCUT2D eigenvalue weighted by atomic mass is 9.97. The minimum atomic E-state index is -0.00560. The van der Waals surface area contributed by atoms with Gasteiger partial charge in [0.15, 0.2) is 0 Å². The van der Waals surface area contributed by atoms with Crippen molar-refractivity contribution in [2.75, 3.05) is 19.6 Å². The van der Waals surface area contributed by atoms with Gasteiger partial charge >= 0.3 is 0 Å². The summed E-state index contributed by atoms with van der Waals surface area (Å²) in [5.74, 6) is 0.959. The number of carbonyl (C=O) groups is 1. The molecule has 104 valence electrons. The number of hydroxylamine groups is 1. The Morgan fingerprint density at radius 1 is 1.32 bits per heavy atom. The zero-order valence-electron chi connectivity index (χ0n) is 11.8. The molecule has 2 atom stereocenters. The SMILES string of the molecule is CC(C)[C@@H](C)CN1CC[NH+]([O-])c2ccccc2C1=O. The molecule has 4 nitrogen and oxygen atoms in total. The van der Waals surface area contributed by atoms with Gasteiger partial charge in [0.1, 0.15) is 11.3 Å². The molecule has 0 aromatic heterocycles. The predicted octanol–water partition coefficient (Wildman–Crippen LogP) is 1.45. The van der Waals surface area contributed by atoms with E-state index in [1.165, 1.54) is 0 Å². The number of amides is 1. The van der Waals surface area contributed by atoms with Gasteiger partial charge in [-0.15, -0.1) is 0 Å². The quantitative estimate of drug-likeness (QED) is 0.838. The van der Waals surface area contributed by atoms with Gasteiger partial charge in [-0.25, -0.2) is 0 Å². The average molecular weight is 262 g/mol. The minimum absolute atomic E-state index is 0.00560. The number of hydrogen-bond acceptors (Lipinski definition) is 2. The summed E-state index contributed by atoms with van der Waals surface area (Å²) in [5, 5.41) is 12.1. The van der Waals surface area contributed by atoms with Gasteiger partial charge in [0.2, 0.25) is 0 Å². The predicted molar refractivity (Wildman–Crippen MR) is 75.2 cm³/mol. The lowest BCUT2D eigenvalue weighted by Crippen LogP contribution is -3.02. The zero-order chi connectivity index (χ0) is 14.0. The zero-order valence-corrected chi connectivity index (χ0v) is 11.8. The first-order valence-corrected chi connectivity index (χ1v) is 6.92. The summed E-state index contributed by atoms with van der Waals surface area (Å²) in [5.41, 5.74) is 1.13. The van der Waals surface area contributed by atoms with Gasteiger partial charge in [-0.2, -0.15) is 0 Å². The van der Waals surface area contributed by atoms with Gasteiger partial charge in [-0.05, 0) is 17.9 Å². The van der Waals surface area contributed by atoms with Gasteiger partial charge in [-0.1, -0.05) is 32.9 Å². The van der Waals surface area contributed by atoms with Crippen LogP contribution in [0.2, 0.25) is 0 Å². The Balaban J connectivity index is 2.24. The number of rotatable bonds is 3. The summed E-state index contributed by atoms with van der Waals surface area (Å²) in [7, 11) is 0. The third kappa shape index (κ3) is 2.96. The van der Waals surface area contributed by atoms with Crippen LogP contribution in [0, 0.1) is 17.0 Å². The Labute approximate surface area is 114 Å². The van der Waals surface area contributed by atoms with Gasteiger partial charge < -0.3 is 15.2 Å². The normalized spacial score (nSPS) is 21.2. The molecule has 0 aliphatic carbocycles. The van der Waals surface area contributed by atoms with Crippen LogP contribution in [0.5, 0.6) is 0 Å². The van der Waals surface area contributed by atoms with Crippen molar-refractivity contribution in [1.29, 1.82) is 0 Å². The molecule has 0 saturated carbocycles. The van der Waals surface area contributed by atoms with Crippen molar-refractivity contribution >= 4 is 11.6 Å². The van der Waals surface area contributed by atoms with Crippen LogP contribution in [0.3, 0.4) is 0 Å². The lowest BCUT2D eigenvalue weighted by Gasteiger charge is -2.26. The number of nitrogens with zero attached hydrogens (tertiary/aromatic N) is 1. The van der Waals surface area contributed by atoms with Crippen LogP contribution in [-0.4, -0.2) is 30.4 Å². The molecule has 4 heteroatoms. The third-order valence-electron chi connectivity index (χ3n) is 4.00. The average Bonchev–Trinajstić information content (AvgIpc) is 2.51. The van der Waals surface area contributed by atoms with Crippen LogP contribution in [0.4, 0.5) is 5.69 Å². The fourth-order valence-corrected chi connectivity index (χ4v) is 2.29. The molecule has 1 heterocycles. The largest absolute Gasteiger partial charge is 0.629 e. The molecule has 0 saturated heterocycles. The van der Waals surface area contributed by atoms with Crippen LogP contribution in [0.25, 0.3) is 0 Å². The van der Waals surface area contributed by atoms with Crippen molar-refractivity contribution < 1.29 is 9.86 Å². The molecule has 0 radical (unpaired) electrons. The Bertz CT molecular complexity index is 459. The van der Waals surface area contributed by atoms with E-state index in [9.17, 15) is 10.0 Å². The second-order valence-electron chi connectivity index (χ2n) is 5.69. The molecule has 0 spiro atoms. The molecular weight excluding hydrogens is 240 g/mol. The summed E-state index contributed by atoms with van der Waals surface area (Å²) < 4.78 is 0. The van der Waals surface area contributed by atoms with Crippen molar-refractivity contribution in [1.82, 2.24) is 4.90 Å². The van der Waals surface area contributed by atoms with Crippen LogP contribution >= 0.6 is 0 Å². The monoisotopic (exact) mass is 262 g/mol. The Morgan fingerprint density at radius 3 is 2.68 bits per heavy atom. The number of quaternary nitrogens is 1. The van der Waals surface area contributed by atoms with E-state index in [0.717, 1.165) is 6.54 Å². The maximum Gasteiger partial charge on any atom is 0.260 e. The van der Waals surface area contributed by atoms with Crippen molar-refractivity contribution in [3.8, 4) is 0 Å². The molecule has 1 aromatic carbocycles. The number of carbonyl (C=O) groups excluding carboxylic acids is 1. The number of nitrogens with one attached hydrogen (secondary N) is 1. The third-order valence-corrected chi connectivity index (χ3v) is 4.00. The van der Waals surface area contributed by atoms with Gasteiger partial charge in [0.25, 0.3) is 5.91 Å². The summed E-state index contributed by atoms with van der Waals surface area (Å²) in [6.07, 6.45) is 0. The van der Waals surface area contributed by atoms with Crippen molar-refractivity contribution in [2.45, 2.75) is 20.8 Å². The Kier molecular flexibility index (Phi) is 4.22. The molecule has 1 aliphatic heterocycles. The van der Waals surface area contributed by atoms with Gasteiger partial charge in [0, 0.05) is 12.6 Å². The molecular formula is C15H22N2O2. The van der Waals surface area contributed by atoms with E-state index in [1.807, 2.05) is 17.0 Å². The summed E-state index contributed by atoms with van der Waals surface area (Å²) in [6.45, 7) is 8.14. The van der Waals surface area contributed by atoms with Crippen LogP contribution < -0.4 is 5.06 Å². The number of fused-ring (bicyclic) bond motifs is 1. The molecule has 1 N–H and O–H groups in total. The van der Waals surface area contributed by atoms with E-state index in [4.69, 9.17) is 0 Å². The van der Waals surface area contributed by atoms with E-state index in [1.54, 1.807) is 12.1 Å². The number of hydrogen-bond donors (Lipinski definition) is 1. The highest BCUT2D eigenvalue weighted by Crippen LogP contribution is 2.18. The molecule has 1 aliphatic rings. The minimum Gasteiger partial charge on any atom is -0.629 e. The first-order valence-electron chi connectivity index (χ1n) is 6.92. The molecule has 0 fully saturated rings. The summed E-state index contributed by atoms with van der Waals surface area (Å²) >= 11 is 0. The first-order chi connectivity index (χ1) is 9.00. The van der Waals surface area contributed by atoms with E-state index in [2.05, 4.69) is 20.8 Å². The Morgan fingerprint density at radius 2 is 2.00 bits per heavy atom. The maximum atomic E-state index is 12.5. The first kappa shape index (κ1) is 14.0. The Hall–Kier alpha value is -1.39. The van der Waals surface area contributed by atoms with E-state index in [0.29, 0.717) is 36.2 Å². The summed E-state index contributed by atoms with van der Waals surface area (Å²) in [6, 6.07) is 7.15. The van der Waals surface area contributed by atoms with Crippen LogP contribution in [0.15, 0.2) is 24.3 Å². The standard InChI is InChI=1S/C15H22N2O2/c1-11(2)12(3)10-16-8-9-17(19)14-7-5-4-6-13(14)15(16)18/h4-7,11-12,17H,8-10H2,1-3H3/t12-/m0/s1. The lowest BCUT2D eigenvalue weighted by molar-refractivity contribution is -0.775. The highest BCUT2D eigenvalue weighted by molar-refractivity contribution is 5.98. The van der Waals surface area contributed by atoms with E-state index >= 15 is 0 Å². The second kappa shape index (κ2) is 5.72. The van der Waals surface area contributed by atoms with Gasteiger partial charge in [0.05, 0.1) is 13.1 Å². The summed E-state index contributed by atoms with van der Waals surface area (Å²) in [4.78, 5) is 14.3. The highest BCUT2D eigenvalue weighted by atomic mass is 16.5. The molecule has 0 bridgehead atoms.